The highest BCUT2D eigenvalue weighted by molar-refractivity contribution is 7.25. The van der Waals surface area contributed by atoms with Gasteiger partial charge in [0.15, 0.2) is 0 Å². The van der Waals surface area contributed by atoms with Crippen LogP contribution >= 0.6 is 11.1 Å². The van der Waals surface area contributed by atoms with Crippen LogP contribution in [-0.2, 0) is 0 Å². The third kappa shape index (κ3) is 3.23. The zero-order valence-electron chi connectivity index (χ0n) is 6.73. The summed E-state index contributed by atoms with van der Waals surface area (Å²) >= 11 is 6.21. The second kappa shape index (κ2) is 3.99. The van der Waals surface area contributed by atoms with Crippen molar-refractivity contribution in [2.24, 2.45) is 5.92 Å². The molecule has 0 aliphatic rings. The molecule has 0 fully saturated rings. The largest absolute Gasteiger partial charge is 0.202 e. The van der Waals surface area contributed by atoms with Crippen molar-refractivity contribution in [3.8, 4) is 0 Å². The monoisotopic (exact) mass is 174 g/mol. The first-order chi connectivity index (χ1) is 4.54. The second-order valence-corrected chi connectivity index (χ2v) is 8.12. The van der Waals surface area contributed by atoms with E-state index >= 15 is 0 Å². The van der Waals surface area contributed by atoms with Crippen LogP contribution in [0.4, 0.5) is 0 Å². The van der Waals surface area contributed by atoms with E-state index < -0.39 is 7.38 Å². The van der Waals surface area contributed by atoms with Gasteiger partial charge in [0.2, 0.25) is 7.38 Å². The summed E-state index contributed by atoms with van der Waals surface area (Å²) in [5.41, 5.74) is 3.75. The summed E-state index contributed by atoms with van der Waals surface area (Å²) in [7, 11) is -1.76. The predicted molar refractivity (Wildman–Crippen MR) is 51.6 cm³/mol. The Morgan fingerprint density at radius 3 is 1.90 bits per heavy atom. The van der Waals surface area contributed by atoms with Crippen LogP contribution < -0.4 is 0 Å². The Bertz CT molecular complexity index is 121. The molecule has 0 nitrogen and oxygen atoms in total. The Labute approximate surface area is 69.3 Å². The topological polar surface area (TPSA) is 0 Å². The smallest absolute Gasteiger partial charge is 0.156 e. The molecule has 0 saturated heterocycles. The van der Waals surface area contributed by atoms with E-state index in [1.54, 1.807) is 0 Å². The molecule has 0 amide bonds. The second-order valence-electron chi connectivity index (χ2n) is 2.93. The Hall–Kier alpha value is -0.0131. The molecular weight excluding hydrogens is 160 g/mol. The molecule has 0 spiro atoms. The molecule has 0 aromatic rings. The van der Waals surface area contributed by atoms with E-state index in [0.717, 1.165) is 6.04 Å². The summed E-state index contributed by atoms with van der Waals surface area (Å²) in [6, 6.07) is 1.04. The van der Waals surface area contributed by atoms with E-state index in [1.165, 1.54) is 0 Å². The number of halogens is 1. The molecule has 0 radical (unpaired) electrons. The first-order valence-corrected chi connectivity index (χ1v) is 6.87. The van der Waals surface area contributed by atoms with Crippen molar-refractivity contribution in [1.29, 1.82) is 0 Å². The predicted octanol–water partition coefficient (Wildman–Crippen LogP) is 3.28. The zero-order valence-corrected chi connectivity index (χ0v) is 8.49. The SMILES string of the molecule is C=C[Si](Cl)(C=C)CC(C)C. The molecule has 0 unspecified atom stereocenters. The Morgan fingerprint density at radius 1 is 1.40 bits per heavy atom. The molecule has 0 aromatic carbocycles. The molecule has 0 heterocycles. The van der Waals surface area contributed by atoms with Gasteiger partial charge in [-0.15, -0.1) is 13.2 Å². The van der Waals surface area contributed by atoms with Crippen molar-refractivity contribution in [2.75, 3.05) is 0 Å². The minimum atomic E-state index is -1.76. The van der Waals surface area contributed by atoms with Crippen LogP contribution in [0.25, 0.3) is 0 Å². The van der Waals surface area contributed by atoms with Crippen LogP contribution in [-0.4, -0.2) is 7.38 Å². The number of hydrogen-bond donors (Lipinski definition) is 0. The van der Waals surface area contributed by atoms with Gasteiger partial charge < -0.3 is 0 Å². The van der Waals surface area contributed by atoms with Crippen molar-refractivity contribution in [3.05, 3.63) is 24.6 Å². The normalized spacial score (nSPS) is 11.6. The molecule has 10 heavy (non-hydrogen) atoms. The first-order valence-electron chi connectivity index (χ1n) is 3.50. The first kappa shape index (κ1) is 9.99. The Balaban J connectivity index is 4.05. The van der Waals surface area contributed by atoms with Gasteiger partial charge in [0.1, 0.15) is 0 Å². The van der Waals surface area contributed by atoms with Gasteiger partial charge in [-0.25, -0.2) is 0 Å². The van der Waals surface area contributed by atoms with Crippen LogP contribution in [0, 0.1) is 5.92 Å². The maximum absolute atomic E-state index is 6.21. The molecule has 2 heteroatoms. The summed E-state index contributed by atoms with van der Waals surface area (Å²) in [6.45, 7) is 11.8. The molecule has 0 aliphatic heterocycles. The fraction of sp³-hybridized carbons (Fsp3) is 0.500. The van der Waals surface area contributed by atoms with Crippen LogP contribution in [0.2, 0.25) is 6.04 Å². The van der Waals surface area contributed by atoms with Crippen molar-refractivity contribution >= 4 is 18.5 Å². The molecule has 0 saturated carbocycles. The molecule has 58 valence electrons. The Kier molecular flexibility index (Phi) is 3.98. The lowest BCUT2D eigenvalue weighted by atomic mass is 10.3. The van der Waals surface area contributed by atoms with Gasteiger partial charge in [-0.2, -0.15) is 11.1 Å². The summed E-state index contributed by atoms with van der Waals surface area (Å²) in [6.07, 6.45) is 0. The number of hydrogen-bond acceptors (Lipinski definition) is 0. The molecular formula is C8H15ClSi. The average Bonchev–Trinajstić information content (AvgIpc) is 1.87. The molecule has 0 atom stereocenters. The molecule has 0 rings (SSSR count). The third-order valence-electron chi connectivity index (χ3n) is 1.40. The molecule has 0 bridgehead atoms. The average molecular weight is 175 g/mol. The van der Waals surface area contributed by atoms with E-state index in [0.29, 0.717) is 5.92 Å². The van der Waals surface area contributed by atoms with Crippen LogP contribution in [0.1, 0.15) is 13.8 Å². The summed E-state index contributed by atoms with van der Waals surface area (Å²) in [4.78, 5) is 0. The van der Waals surface area contributed by atoms with Gasteiger partial charge in [-0.05, 0) is 12.0 Å². The minimum absolute atomic E-state index is 0.639. The van der Waals surface area contributed by atoms with Crippen LogP contribution in [0.15, 0.2) is 24.6 Å². The van der Waals surface area contributed by atoms with E-state index in [9.17, 15) is 0 Å². The fourth-order valence-corrected chi connectivity index (χ4v) is 3.55. The van der Waals surface area contributed by atoms with Crippen molar-refractivity contribution in [1.82, 2.24) is 0 Å². The Morgan fingerprint density at radius 2 is 1.80 bits per heavy atom. The lowest BCUT2D eigenvalue weighted by Gasteiger charge is -2.16. The summed E-state index contributed by atoms with van der Waals surface area (Å²) in [5.74, 6) is 0.639. The van der Waals surface area contributed by atoms with E-state index in [2.05, 4.69) is 27.0 Å². The molecule has 0 N–H and O–H groups in total. The van der Waals surface area contributed by atoms with Gasteiger partial charge in [-0.3, -0.25) is 0 Å². The van der Waals surface area contributed by atoms with Crippen molar-refractivity contribution in [2.45, 2.75) is 19.9 Å². The summed E-state index contributed by atoms with van der Waals surface area (Å²) in [5, 5.41) is 0. The van der Waals surface area contributed by atoms with Crippen molar-refractivity contribution < 1.29 is 0 Å². The fourth-order valence-electron chi connectivity index (χ4n) is 0.876. The number of rotatable bonds is 4. The van der Waals surface area contributed by atoms with E-state index in [1.807, 2.05) is 11.4 Å². The lowest BCUT2D eigenvalue weighted by molar-refractivity contribution is 0.727. The van der Waals surface area contributed by atoms with Crippen LogP contribution in [0.3, 0.4) is 0 Å². The van der Waals surface area contributed by atoms with Gasteiger partial charge in [-0.1, -0.05) is 25.2 Å². The van der Waals surface area contributed by atoms with E-state index in [4.69, 9.17) is 11.1 Å². The lowest BCUT2D eigenvalue weighted by Crippen LogP contribution is -2.23. The van der Waals surface area contributed by atoms with Crippen molar-refractivity contribution in [3.63, 3.8) is 0 Å². The van der Waals surface area contributed by atoms with Gasteiger partial charge in [0, 0.05) is 0 Å². The quantitative estimate of drug-likeness (QED) is 0.454. The summed E-state index contributed by atoms with van der Waals surface area (Å²) < 4.78 is 0. The minimum Gasteiger partial charge on any atom is -0.156 e. The van der Waals surface area contributed by atoms with Gasteiger partial charge in [0.05, 0.1) is 0 Å². The van der Waals surface area contributed by atoms with Gasteiger partial charge in [0.25, 0.3) is 0 Å². The highest BCUT2D eigenvalue weighted by atomic mass is 35.6. The maximum Gasteiger partial charge on any atom is 0.202 e. The van der Waals surface area contributed by atoms with E-state index in [-0.39, 0.29) is 0 Å². The molecule has 0 aromatic heterocycles. The highest BCUT2D eigenvalue weighted by Crippen LogP contribution is 2.22. The third-order valence-corrected chi connectivity index (χ3v) is 5.59. The van der Waals surface area contributed by atoms with Gasteiger partial charge >= 0.3 is 0 Å². The maximum atomic E-state index is 6.21. The standard InChI is InChI=1S/C8H15ClSi/c1-5-10(9,6-2)7-8(3)4/h5-6,8H,1-2,7H2,3-4H3. The highest BCUT2D eigenvalue weighted by Gasteiger charge is 2.23. The van der Waals surface area contributed by atoms with Crippen LogP contribution in [0.5, 0.6) is 0 Å². The zero-order chi connectivity index (χ0) is 8.20. The molecule has 0 aliphatic carbocycles.